The van der Waals surface area contributed by atoms with Gasteiger partial charge in [0.05, 0.1) is 12.7 Å². The molecule has 144 valence electrons. The van der Waals surface area contributed by atoms with Crippen molar-refractivity contribution < 1.29 is 14.0 Å². The molecule has 0 bridgehead atoms. The minimum absolute atomic E-state index is 0.114. The fourth-order valence-electron chi connectivity index (χ4n) is 4.04. The van der Waals surface area contributed by atoms with Gasteiger partial charge in [0.1, 0.15) is 5.58 Å². The van der Waals surface area contributed by atoms with Crippen LogP contribution < -0.4 is 0 Å². The third-order valence-corrected chi connectivity index (χ3v) is 5.88. The number of hydrogen-bond acceptors (Lipinski definition) is 3. The molecule has 0 N–H and O–H groups in total. The Morgan fingerprint density at radius 3 is 2.41 bits per heavy atom. The molecule has 2 amide bonds. The Labute approximate surface area is 160 Å². The van der Waals surface area contributed by atoms with Crippen molar-refractivity contribution >= 4 is 22.8 Å². The van der Waals surface area contributed by atoms with E-state index in [1.165, 1.54) is 11.1 Å². The Morgan fingerprint density at radius 2 is 1.78 bits per heavy atom. The molecule has 2 aliphatic rings. The number of fused-ring (bicyclic) bond motifs is 1. The van der Waals surface area contributed by atoms with E-state index in [1.807, 2.05) is 9.80 Å². The van der Waals surface area contributed by atoms with E-state index in [4.69, 9.17) is 4.42 Å². The number of nitrogens with zero attached hydrogens (tertiary/aromatic N) is 2. The summed E-state index contributed by atoms with van der Waals surface area (Å²) in [5.41, 5.74) is 4.32. The second kappa shape index (κ2) is 7.02. The van der Waals surface area contributed by atoms with Crippen LogP contribution in [0.25, 0.3) is 11.0 Å². The van der Waals surface area contributed by atoms with E-state index < -0.39 is 0 Å². The van der Waals surface area contributed by atoms with Gasteiger partial charge in [0, 0.05) is 43.0 Å². The lowest BCUT2D eigenvalue weighted by Crippen LogP contribution is -2.51. The van der Waals surface area contributed by atoms with Crippen LogP contribution in [0.5, 0.6) is 0 Å². The third-order valence-electron chi connectivity index (χ3n) is 5.88. The SMILES string of the molecule is Cc1cc2occ(CC(=O)N3CCN(C(=O)C4CC4)CC3)c2cc1C(C)C. The summed E-state index contributed by atoms with van der Waals surface area (Å²) in [5.74, 6) is 1.08. The molecular weight excluding hydrogens is 340 g/mol. The maximum atomic E-state index is 12.8. The number of carbonyl (C=O) groups is 2. The predicted molar refractivity (Wildman–Crippen MR) is 105 cm³/mol. The molecule has 4 rings (SSSR count). The van der Waals surface area contributed by atoms with Crippen molar-refractivity contribution in [1.82, 2.24) is 9.80 Å². The first kappa shape index (κ1) is 18.1. The van der Waals surface area contributed by atoms with Crippen LogP contribution >= 0.6 is 0 Å². The van der Waals surface area contributed by atoms with Crippen LogP contribution in [-0.4, -0.2) is 47.8 Å². The van der Waals surface area contributed by atoms with E-state index in [0.29, 0.717) is 38.5 Å². The Hall–Kier alpha value is -2.30. The molecule has 1 saturated heterocycles. The van der Waals surface area contributed by atoms with Crippen molar-refractivity contribution in [3.63, 3.8) is 0 Å². The molecule has 0 atom stereocenters. The van der Waals surface area contributed by atoms with Gasteiger partial charge in [-0.25, -0.2) is 0 Å². The lowest BCUT2D eigenvalue weighted by Gasteiger charge is -2.35. The van der Waals surface area contributed by atoms with Gasteiger partial charge in [-0.15, -0.1) is 0 Å². The van der Waals surface area contributed by atoms with E-state index in [9.17, 15) is 9.59 Å². The van der Waals surface area contributed by atoms with Gasteiger partial charge in [-0.2, -0.15) is 0 Å². The molecule has 1 saturated carbocycles. The van der Waals surface area contributed by atoms with Crippen LogP contribution in [0.3, 0.4) is 0 Å². The highest BCUT2D eigenvalue weighted by atomic mass is 16.3. The molecule has 0 unspecified atom stereocenters. The van der Waals surface area contributed by atoms with Crippen LogP contribution in [0.1, 0.15) is 49.3 Å². The summed E-state index contributed by atoms with van der Waals surface area (Å²) in [5, 5.41) is 1.04. The van der Waals surface area contributed by atoms with E-state index in [-0.39, 0.29) is 17.7 Å². The zero-order valence-corrected chi connectivity index (χ0v) is 16.5. The fourth-order valence-corrected chi connectivity index (χ4v) is 4.04. The molecule has 1 aromatic heterocycles. The number of piperazine rings is 1. The lowest BCUT2D eigenvalue weighted by atomic mass is 9.95. The van der Waals surface area contributed by atoms with Gasteiger partial charge in [-0.05, 0) is 48.9 Å². The molecule has 2 aromatic rings. The van der Waals surface area contributed by atoms with Gasteiger partial charge in [0.25, 0.3) is 0 Å². The van der Waals surface area contributed by atoms with Crippen LogP contribution in [0.4, 0.5) is 0 Å². The number of aryl methyl sites for hydroxylation is 1. The van der Waals surface area contributed by atoms with E-state index >= 15 is 0 Å². The minimum atomic E-state index is 0.114. The number of furan rings is 1. The lowest BCUT2D eigenvalue weighted by molar-refractivity contribution is -0.139. The molecule has 5 nitrogen and oxygen atoms in total. The highest BCUT2D eigenvalue weighted by Crippen LogP contribution is 2.32. The maximum absolute atomic E-state index is 12.8. The maximum Gasteiger partial charge on any atom is 0.227 e. The summed E-state index contributed by atoms with van der Waals surface area (Å²) in [6.45, 7) is 9.04. The average Bonchev–Trinajstić information content (AvgIpc) is 3.43. The van der Waals surface area contributed by atoms with Gasteiger partial charge >= 0.3 is 0 Å². The van der Waals surface area contributed by atoms with Crippen LogP contribution in [0.15, 0.2) is 22.8 Å². The molecular formula is C22H28N2O3. The van der Waals surface area contributed by atoms with Crippen LogP contribution in [0.2, 0.25) is 0 Å². The summed E-state index contributed by atoms with van der Waals surface area (Å²) < 4.78 is 5.71. The van der Waals surface area contributed by atoms with Crippen LogP contribution in [-0.2, 0) is 16.0 Å². The molecule has 1 aromatic carbocycles. The van der Waals surface area contributed by atoms with Gasteiger partial charge in [-0.3, -0.25) is 9.59 Å². The first-order valence-electron chi connectivity index (χ1n) is 10.0. The number of carbonyl (C=O) groups excluding carboxylic acids is 2. The molecule has 5 heteroatoms. The number of benzene rings is 1. The van der Waals surface area contributed by atoms with Gasteiger partial charge in [-0.1, -0.05) is 13.8 Å². The molecule has 27 heavy (non-hydrogen) atoms. The summed E-state index contributed by atoms with van der Waals surface area (Å²) >= 11 is 0. The smallest absolute Gasteiger partial charge is 0.227 e. The third kappa shape index (κ3) is 3.60. The monoisotopic (exact) mass is 368 g/mol. The van der Waals surface area contributed by atoms with Crippen molar-refractivity contribution in [2.75, 3.05) is 26.2 Å². The summed E-state index contributed by atoms with van der Waals surface area (Å²) in [6, 6.07) is 4.24. The van der Waals surface area contributed by atoms with E-state index in [2.05, 4.69) is 32.9 Å². The van der Waals surface area contributed by atoms with E-state index in [0.717, 1.165) is 29.4 Å². The van der Waals surface area contributed by atoms with Crippen LogP contribution in [0, 0.1) is 12.8 Å². The van der Waals surface area contributed by atoms with Crippen molar-refractivity contribution in [2.45, 2.75) is 46.0 Å². The minimum Gasteiger partial charge on any atom is -0.464 e. The Bertz CT molecular complexity index is 871. The molecule has 2 heterocycles. The summed E-state index contributed by atoms with van der Waals surface area (Å²) in [7, 11) is 0. The van der Waals surface area contributed by atoms with Gasteiger partial charge < -0.3 is 14.2 Å². The second-order valence-electron chi connectivity index (χ2n) is 8.28. The summed E-state index contributed by atoms with van der Waals surface area (Å²) in [4.78, 5) is 28.8. The normalized spacial score (nSPS) is 17.8. The Morgan fingerprint density at radius 1 is 1.11 bits per heavy atom. The first-order chi connectivity index (χ1) is 12.9. The molecule has 0 radical (unpaired) electrons. The highest BCUT2D eigenvalue weighted by molar-refractivity contribution is 5.89. The zero-order chi connectivity index (χ0) is 19.1. The summed E-state index contributed by atoms with van der Waals surface area (Å²) in [6.07, 6.45) is 4.13. The van der Waals surface area contributed by atoms with Crippen molar-refractivity contribution in [3.05, 3.63) is 35.1 Å². The standard InChI is InChI=1S/C22H28N2O3/c1-14(2)18-12-19-17(13-27-20(19)10-15(18)3)11-21(25)23-6-8-24(9-7-23)22(26)16-4-5-16/h10,12-14,16H,4-9,11H2,1-3H3. The predicted octanol–water partition coefficient (Wildman–Crippen LogP) is 3.49. The second-order valence-corrected chi connectivity index (χ2v) is 8.28. The number of rotatable bonds is 4. The molecule has 1 aliphatic heterocycles. The average molecular weight is 368 g/mol. The number of hydrogen-bond donors (Lipinski definition) is 0. The zero-order valence-electron chi connectivity index (χ0n) is 16.5. The van der Waals surface area contributed by atoms with Gasteiger partial charge in [0.2, 0.25) is 11.8 Å². The number of amides is 2. The molecule has 0 spiro atoms. The highest BCUT2D eigenvalue weighted by Gasteiger charge is 2.35. The molecule has 1 aliphatic carbocycles. The fraction of sp³-hybridized carbons (Fsp3) is 0.545. The molecule has 2 fully saturated rings. The van der Waals surface area contributed by atoms with E-state index in [1.54, 1.807) is 6.26 Å². The van der Waals surface area contributed by atoms with Crippen molar-refractivity contribution in [2.24, 2.45) is 5.92 Å². The van der Waals surface area contributed by atoms with Crippen molar-refractivity contribution in [1.29, 1.82) is 0 Å². The van der Waals surface area contributed by atoms with Crippen molar-refractivity contribution in [3.8, 4) is 0 Å². The Balaban J connectivity index is 1.44. The van der Waals surface area contributed by atoms with Gasteiger partial charge in [0.15, 0.2) is 0 Å². The largest absolute Gasteiger partial charge is 0.464 e. The quantitative estimate of drug-likeness (QED) is 0.830. The topological polar surface area (TPSA) is 53.8 Å². The Kier molecular flexibility index (Phi) is 4.70. The first-order valence-corrected chi connectivity index (χ1v) is 10.0.